The van der Waals surface area contributed by atoms with Crippen LogP contribution in [0.25, 0.3) is 0 Å². The molecule has 0 radical (unpaired) electrons. The van der Waals surface area contributed by atoms with Crippen LogP contribution in [0.5, 0.6) is 0 Å². The Labute approximate surface area is 84.2 Å². The van der Waals surface area contributed by atoms with Crippen LogP contribution < -0.4 is 5.32 Å². The van der Waals surface area contributed by atoms with Gasteiger partial charge in [0.1, 0.15) is 0 Å². The van der Waals surface area contributed by atoms with E-state index in [-0.39, 0.29) is 0 Å². The van der Waals surface area contributed by atoms with Gasteiger partial charge in [-0.2, -0.15) is 0 Å². The summed E-state index contributed by atoms with van der Waals surface area (Å²) in [6.07, 6.45) is 4.03. The van der Waals surface area contributed by atoms with Crippen molar-refractivity contribution in [2.75, 3.05) is 7.05 Å². The van der Waals surface area contributed by atoms with Crippen molar-refractivity contribution in [2.45, 2.75) is 38.1 Å². The summed E-state index contributed by atoms with van der Waals surface area (Å²) in [5.74, 6) is 0.822. The summed E-state index contributed by atoms with van der Waals surface area (Å²) in [4.78, 5) is 1.45. The number of hydrogen-bond acceptors (Lipinski definition) is 2. The Bertz CT molecular complexity index is 279. The molecule has 0 spiro atoms. The zero-order chi connectivity index (χ0) is 9.26. The summed E-state index contributed by atoms with van der Waals surface area (Å²) in [7, 11) is 2.08. The zero-order valence-corrected chi connectivity index (χ0v) is 9.16. The van der Waals surface area contributed by atoms with Crippen LogP contribution in [0.3, 0.4) is 0 Å². The summed E-state index contributed by atoms with van der Waals surface area (Å²) in [5.41, 5.74) is 1.57. The van der Waals surface area contributed by atoms with E-state index in [4.69, 9.17) is 0 Å². The molecule has 2 rings (SSSR count). The van der Waals surface area contributed by atoms with Crippen LogP contribution in [-0.4, -0.2) is 13.1 Å². The van der Waals surface area contributed by atoms with Crippen LogP contribution in [0.2, 0.25) is 0 Å². The highest BCUT2D eigenvalue weighted by molar-refractivity contribution is 7.10. The molecule has 1 aliphatic rings. The molecule has 2 atom stereocenters. The highest BCUT2D eigenvalue weighted by Crippen LogP contribution is 2.36. The van der Waals surface area contributed by atoms with Gasteiger partial charge in [0.05, 0.1) is 0 Å². The van der Waals surface area contributed by atoms with Gasteiger partial charge in [-0.3, -0.25) is 0 Å². The number of nitrogens with one attached hydrogen (secondary N) is 1. The first-order valence-electron chi connectivity index (χ1n) is 5.02. The lowest BCUT2D eigenvalue weighted by Crippen LogP contribution is -2.20. The minimum absolute atomic E-state index is 0.755. The number of thiophene rings is 1. The molecule has 1 N–H and O–H groups in total. The molecule has 72 valence electrons. The van der Waals surface area contributed by atoms with E-state index in [0.29, 0.717) is 0 Å². The summed E-state index contributed by atoms with van der Waals surface area (Å²) in [6.45, 7) is 2.19. The first-order chi connectivity index (χ1) is 6.29. The minimum Gasteiger partial charge on any atom is -0.317 e. The lowest BCUT2D eigenvalue weighted by Gasteiger charge is -2.08. The monoisotopic (exact) mass is 195 g/mol. The van der Waals surface area contributed by atoms with Gasteiger partial charge in [0, 0.05) is 10.9 Å². The molecule has 0 aromatic carbocycles. The van der Waals surface area contributed by atoms with Gasteiger partial charge in [-0.05, 0) is 56.2 Å². The average molecular weight is 195 g/mol. The van der Waals surface area contributed by atoms with Crippen LogP contribution in [0.4, 0.5) is 0 Å². The van der Waals surface area contributed by atoms with E-state index in [1.165, 1.54) is 24.1 Å². The maximum absolute atomic E-state index is 3.37. The molecule has 1 nitrogen and oxygen atoms in total. The fourth-order valence-corrected chi connectivity index (χ4v) is 3.01. The SMILES string of the molecule is CNC1CCC(c2csc(C)c2)C1. The first-order valence-corrected chi connectivity index (χ1v) is 5.90. The Balaban J connectivity index is 2.03. The second kappa shape index (κ2) is 3.81. The van der Waals surface area contributed by atoms with Crippen molar-refractivity contribution < 1.29 is 0 Å². The lowest BCUT2D eigenvalue weighted by molar-refractivity contribution is 0.572. The first kappa shape index (κ1) is 9.22. The second-order valence-electron chi connectivity index (χ2n) is 3.99. The van der Waals surface area contributed by atoms with Gasteiger partial charge in [0.25, 0.3) is 0 Å². The Morgan fingerprint density at radius 3 is 2.85 bits per heavy atom. The van der Waals surface area contributed by atoms with Crippen LogP contribution in [-0.2, 0) is 0 Å². The van der Waals surface area contributed by atoms with E-state index in [2.05, 4.69) is 30.7 Å². The standard InChI is InChI=1S/C11H17NS/c1-8-5-10(7-13-8)9-3-4-11(6-9)12-2/h5,7,9,11-12H,3-4,6H2,1-2H3. The van der Waals surface area contributed by atoms with Crippen molar-refractivity contribution in [2.24, 2.45) is 0 Å². The maximum atomic E-state index is 3.37. The Morgan fingerprint density at radius 2 is 2.31 bits per heavy atom. The van der Waals surface area contributed by atoms with Gasteiger partial charge in [0.2, 0.25) is 0 Å². The molecular weight excluding hydrogens is 178 g/mol. The molecule has 1 aromatic rings. The van der Waals surface area contributed by atoms with Gasteiger partial charge >= 0.3 is 0 Å². The van der Waals surface area contributed by atoms with E-state index in [0.717, 1.165) is 12.0 Å². The number of aryl methyl sites for hydroxylation is 1. The van der Waals surface area contributed by atoms with Gasteiger partial charge in [-0.1, -0.05) is 0 Å². The van der Waals surface area contributed by atoms with Gasteiger partial charge in [0.15, 0.2) is 0 Å². The molecule has 1 aromatic heterocycles. The highest BCUT2D eigenvalue weighted by Gasteiger charge is 2.24. The van der Waals surface area contributed by atoms with Crippen molar-refractivity contribution in [3.63, 3.8) is 0 Å². The summed E-state index contributed by atoms with van der Waals surface area (Å²) >= 11 is 1.88. The largest absolute Gasteiger partial charge is 0.317 e. The zero-order valence-electron chi connectivity index (χ0n) is 8.34. The van der Waals surface area contributed by atoms with Gasteiger partial charge in [-0.25, -0.2) is 0 Å². The fourth-order valence-electron chi connectivity index (χ4n) is 2.22. The third-order valence-corrected chi connectivity index (χ3v) is 3.94. The third-order valence-electron chi connectivity index (χ3n) is 3.06. The van der Waals surface area contributed by atoms with Crippen molar-refractivity contribution >= 4 is 11.3 Å². The topological polar surface area (TPSA) is 12.0 Å². The molecule has 0 amide bonds. The van der Waals surface area contributed by atoms with Crippen molar-refractivity contribution in [1.29, 1.82) is 0 Å². The van der Waals surface area contributed by atoms with Crippen LogP contribution in [0.1, 0.15) is 35.6 Å². The molecule has 1 fully saturated rings. The van der Waals surface area contributed by atoms with E-state index in [1.54, 1.807) is 5.56 Å². The smallest absolute Gasteiger partial charge is 0.00701 e. The summed E-state index contributed by atoms with van der Waals surface area (Å²) in [5, 5.41) is 5.71. The molecule has 13 heavy (non-hydrogen) atoms. The molecule has 1 aliphatic carbocycles. The predicted molar refractivity (Wildman–Crippen MR) is 58.5 cm³/mol. The minimum atomic E-state index is 0.755. The molecule has 2 unspecified atom stereocenters. The molecule has 0 saturated heterocycles. The van der Waals surface area contributed by atoms with Crippen molar-refractivity contribution in [3.8, 4) is 0 Å². The Morgan fingerprint density at radius 1 is 1.46 bits per heavy atom. The molecular formula is C11H17NS. The molecule has 0 bridgehead atoms. The maximum Gasteiger partial charge on any atom is 0.00701 e. The Kier molecular flexibility index (Phi) is 2.70. The van der Waals surface area contributed by atoms with Crippen molar-refractivity contribution in [3.05, 3.63) is 21.9 Å². The normalized spacial score (nSPS) is 28.2. The van der Waals surface area contributed by atoms with E-state index in [1.807, 2.05) is 11.3 Å². The van der Waals surface area contributed by atoms with E-state index >= 15 is 0 Å². The van der Waals surface area contributed by atoms with E-state index < -0.39 is 0 Å². The molecule has 1 heterocycles. The molecule has 0 aliphatic heterocycles. The van der Waals surface area contributed by atoms with Crippen LogP contribution in [0.15, 0.2) is 11.4 Å². The summed E-state index contributed by atoms with van der Waals surface area (Å²) in [6, 6.07) is 3.11. The molecule has 1 saturated carbocycles. The molecule has 2 heteroatoms. The van der Waals surface area contributed by atoms with Gasteiger partial charge < -0.3 is 5.32 Å². The van der Waals surface area contributed by atoms with Crippen LogP contribution >= 0.6 is 11.3 Å². The quantitative estimate of drug-likeness (QED) is 0.765. The predicted octanol–water partition coefficient (Wildman–Crippen LogP) is 2.91. The second-order valence-corrected chi connectivity index (χ2v) is 5.10. The lowest BCUT2D eigenvalue weighted by atomic mass is 10.0. The Hall–Kier alpha value is -0.340. The van der Waals surface area contributed by atoms with Crippen molar-refractivity contribution in [1.82, 2.24) is 5.32 Å². The van der Waals surface area contributed by atoms with E-state index in [9.17, 15) is 0 Å². The number of rotatable bonds is 2. The van der Waals surface area contributed by atoms with Crippen LogP contribution in [0, 0.1) is 6.92 Å². The number of hydrogen-bond donors (Lipinski definition) is 1. The average Bonchev–Trinajstić information content (AvgIpc) is 2.71. The van der Waals surface area contributed by atoms with Gasteiger partial charge in [-0.15, -0.1) is 11.3 Å². The fraction of sp³-hybridized carbons (Fsp3) is 0.636. The highest BCUT2D eigenvalue weighted by atomic mass is 32.1. The third kappa shape index (κ3) is 1.94. The summed E-state index contributed by atoms with van der Waals surface area (Å²) < 4.78 is 0.